The zero-order valence-electron chi connectivity index (χ0n) is 9.21. The Bertz CT molecular complexity index is 462. The first-order valence-electron chi connectivity index (χ1n) is 5.24. The highest BCUT2D eigenvalue weighted by molar-refractivity contribution is 5.27. The third-order valence-corrected chi connectivity index (χ3v) is 1.93. The summed E-state index contributed by atoms with van der Waals surface area (Å²) in [6.45, 7) is 1.12. The van der Waals surface area contributed by atoms with E-state index in [1.54, 1.807) is 0 Å². The summed E-state index contributed by atoms with van der Waals surface area (Å²) in [5.74, 6) is 1.14. The fraction of sp³-hybridized carbons (Fsp3) is 0.182. The number of nitrogens with two attached hydrogens (primary N) is 1. The molecule has 6 heteroatoms. The van der Waals surface area contributed by atoms with Crippen molar-refractivity contribution >= 4 is 5.95 Å². The van der Waals surface area contributed by atoms with Crippen LogP contribution >= 0.6 is 0 Å². The van der Waals surface area contributed by atoms with Crippen LogP contribution < -0.4 is 15.8 Å². The number of hydrogen-bond acceptors (Lipinski definition) is 6. The second-order valence-corrected chi connectivity index (χ2v) is 3.22. The van der Waals surface area contributed by atoms with E-state index in [9.17, 15) is 0 Å². The second kappa shape index (κ2) is 5.76. The first-order chi connectivity index (χ1) is 8.38. The van der Waals surface area contributed by atoms with Gasteiger partial charge in [-0.05, 0) is 12.1 Å². The van der Waals surface area contributed by atoms with Crippen molar-refractivity contribution in [2.75, 3.05) is 18.4 Å². The van der Waals surface area contributed by atoms with Crippen molar-refractivity contribution < 1.29 is 4.74 Å². The number of ether oxygens (including phenoxy) is 1. The Hall–Kier alpha value is -2.21. The van der Waals surface area contributed by atoms with E-state index in [2.05, 4.69) is 20.3 Å². The van der Waals surface area contributed by atoms with E-state index in [4.69, 9.17) is 10.5 Å². The van der Waals surface area contributed by atoms with Crippen molar-refractivity contribution in [3.8, 4) is 11.8 Å². The first kappa shape index (κ1) is 11.3. The maximum atomic E-state index is 5.47. The molecule has 1 aromatic heterocycles. The van der Waals surface area contributed by atoms with Gasteiger partial charge in [-0.25, -0.2) is 4.98 Å². The molecule has 88 valence electrons. The van der Waals surface area contributed by atoms with E-state index in [0.717, 1.165) is 0 Å². The normalized spacial score (nSPS) is 9.94. The predicted molar refractivity (Wildman–Crippen MR) is 63.9 cm³/mol. The number of nitrogens with zero attached hydrogens (tertiary/aromatic N) is 3. The zero-order chi connectivity index (χ0) is 11.9. The van der Waals surface area contributed by atoms with E-state index >= 15 is 0 Å². The van der Waals surface area contributed by atoms with Gasteiger partial charge in [0.15, 0.2) is 0 Å². The lowest BCUT2D eigenvalue weighted by molar-refractivity contribution is 0.440. The third kappa shape index (κ3) is 3.39. The van der Waals surface area contributed by atoms with Crippen molar-refractivity contribution in [3.63, 3.8) is 0 Å². The Morgan fingerprint density at radius 2 is 2.00 bits per heavy atom. The summed E-state index contributed by atoms with van der Waals surface area (Å²) in [4.78, 5) is 12.0. The van der Waals surface area contributed by atoms with Crippen LogP contribution in [0, 0.1) is 0 Å². The quantitative estimate of drug-likeness (QED) is 0.799. The molecule has 1 aromatic carbocycles. The molecule has 0 aliphatic carbocycles. The van der Waals surface area contributed by atoms with E-state index in [0.29, 0.717) is 24.8 Å². The Morgan fingerprint density at radius 3 is 2.76 bits per heavy atom. The van der Waals surface area contributed by atoms with Gasteiger partial charge in [0.25, 0.3) is 0 Å². The number of hydrogen-bond donors (Lipinski definition) is 2. The summed E-state index contributed by atoms with van der Waals surface area (Å²) >= 11 is 0. The number of nitrogens with one attached hydrogen (secondary N) is 1. The smallest absolute Gasteiger partial charge is 0.326 e. The summed E-state index contributed by atoms with van der Waals surface area (Å²) in [6.07, 6.45) is 1.39. The molecule has 0 saturated heterocycles. The molecule has 0 saturated carbocycles. The molecule has 0 bridgehead atoms. The molecule has 6 nitrogen and oxygen atoms in total. The Labute approximate surface area is 98.9 Å². The van der Waals surface area contributed by atoms with Crippen LogP contribution in [0.15, 0.2) is 36.7 Å². The highest BCUT2D eigenvalue weighted by Gasteiger charge is 2.02. The SMILES string of the molecule is NCCNc1ncnc(Oc2ccccc2)n1. The molecule has 0 radical (unpaired) electrons. The molecule has 0 spiro atoms. The van der Waals surface area contributed by atoms with Gasteiger partial charge in [0, 0.05) is 13.1 Å². The summed E-state index contributed by atoms with van der Waals surface area (Å²) in [5.41, 5.74) is 5.37. The topological polar surface area (TPSA) is 86.0 Å². The molecule has 1 heterocycles. The summed E-state index contributed by atoms with van der Waals surface area (Å²) in [5, 5.41) is 2.95. The number of benzene rings is 1. The fourth-order valence-electron chi connectivity index (χ4n) is 1.19. The average Bonchev–Trinajstić information content (AvgIpc) is 2.38. The van der Waals surface area contributed by atoms with Gasteiger partial charge in [0.05, 0.1) is 0 Å². The van der Waals surface area contributed by atoms with Gasteiger partial charge in [-0.1, -0.05) is 18.2 Å². The third-order valence-electron chi connectivity index (χ3n) is 1.93. The second-order valence-electron chi connectivity index (χ2n) is 3.22. The molecular formula is C11H13N5O. The number of para-hydroxylation sites is 1. The average molecular weight is 231 g/mol. The molecule has 0 unspecified atom stereocenters. The Kier molecular flexibility index (Phi) is 3.82. The largest absolute Gasteiger partial charge is 0.424 e. The molecule has 2 aromatic rings. The maximum Gasteiger partial charge on any atom is 0.326 e. The lowest BCUT2D eigenvalue weighted by Crippen LogP contribution is -2.15. The van der Waals surface area contributed by atoms with Crippen LogP contribution in [-0.2, 0) is 0 Å². The lowest BCUT2D eigenvalue weighted by atomic mass is 10.3. The van der Waals surface area contributed by atoms with Gasteiger partial charge in [0.1, 0.15) is 12.1 Å². The van der Waals surface area contributed by atoms with Gasteiger partial charge in [-0.15, -0.1) is 0 Å². The minimum atomic E-state index is 0.255. The molecule has 17 heavy (non-hydrogen) atoms. The monoisotopic (exact) mass is 231 g/mol. The van der Waals surface area contributed by atoms with E-state index < -0.39 is 0 Å². The molecule has 3 N–H and O–H groups in total. The van der Waals surface area contributed by atoms with Gasteiger partial charge in [-0.2, -0.15) is 9.97 Å². The van der Waals surface area contributed by atoms with Crippen LogP contribution in [0.25, 0.3) is 0 Å². The molecule has 0 atom stereocenters. The number of rotatable bonds is 5. The molecule has 0 amide bonds. The van der Waals surface area contributed by atoms with Gasteiger partial charge in [-0.3, -0.25) is 0 Å². The highest BCUT2D eigenvalue weighted by atomic mass is 16.5. The molecule has 0 aliphatic rings. The maximum absolute atomic E-state index is 5.47. The number of anilines is 1. The molecule has 2 rings (SSSR count). The summed E-state index contributed by atoms with van der Waals surface area (Å²) in [6, 6.07) is 9.58. The van der Waals surface area contributed by atoms with Crippen LogP contribution in [0.3, 0.4) is 0 Å². The predicted octanol–water partition coefficient (Wildman–Crippen LogP) is 1.03. The fourth-order valence-corrected chi connectivity index (χ4v) is 1.19. The lowest BCUT2D eigenvalue weighted by Gasteiger charge is -2.05. The Balaban J connectivity index is 2.06. The van der Waals surface area contributed by atoms with Crippen molar-refractivity contribution in [1.29, 1.82) is 0 Å². The van der Waals surface area contributed by atoms with Gasteiger partial charge in [0.2, 0.25) is 5.95 Å². The van der Waals surface area contributed by atoms with Gasteiger partial charge < -0.3 is 15.8 Å². The summed E-state index contributed by atoms with van der Waals surface area (Å²) in [7, 11) is 0. The molecular weight excluding hydrogens is 218 g/mol. The van der Waals surface area contributed by atoms with Crippen LogP contribution in [0.5, 0.6) is 11.8 Å². The minimum absolute atomic E-state index is 0.255. The molecule has 0 fully saturated rings. The van der Waals surface area contributed by atoms with Crippen molar-refractivity contribution in [1.82, 2.24) is 15.0 Å². The van der Waals surface area contributed by atoms with Crippen LogP contribution in [0.4, 0.5) is 5.95 Å². The minimum Gasteiger partial charge on any atom is -0.424 e. The highest BCUT2D eigenvalue weighted by Crippen LogP contribution is 2.16. The van der Waals surface area contributed by atoms with Crippen LogP contribution in [-0.4, -0.2) is 28.0 Å². The number of aromatic nitrogens is 3. The van der Waals surface area contributed by atoms with Crippen molar-refractivity contribution in [3.05, 3.63) is 36.7 Å². The molecule has 0 aliphatic heterocycles. The van der Waals surface area contributed by atoms with Gasteiger partial charge >= 0.3 is 6.01 Å². The standard InChI is InChI=1S/C11H13N5O/c12-6-7-13-10-14-8-15-11(16-10)17-9-4-2-1-3-5-9/h1-5,8H,6-7,12H2,(H,13,14,15,16). The summed E-state index contributed by atoms with van der Waals surface area (Å²) < 4.78 is 5.47. The van der Waals surface area contributed by atoms with Crippen LogP contribution in [0.2, 0.25) is 0 Å². The van der Waals surface area contributed by atoms with E-state index in [1.165, 1.54) is 6.33 Å². The zero-order valence-corrected chi connectivity index (χ0v) is 9.21. The van der Waals surface area contributed by atoms with E-state index in [1.807, 2.05) is 30.3 Å². The Morgan fingerprint density at radius 1 is 1.18 bits per heavy atom. The van der Waals surface area contributed by atoms with E-state index in [-0.39, 0.29) is 6.01 Å². The van der Waals surface area contributed by atoms with Crippen molar-refractivity contribution in [2.24, 2.45) is 5.73 Å². The first-order valence-corrected chi connectivity index (χ1v) is 5.24. The van der Waals surface area contributed by atoms with Crippen LogP contribution in [0.1, 0.15) is 0 Å². The van der Waals surface area contributed by atoms with Crippen molar-refractivity contribution in [2.45, 2.75) is 0 Å².